The van der Waals surface area contributed by atoms with Crippen LogP contribution in [0.4, 0.5) is 0 Å². The molecule has 1 aliphatic heterocycles. The van der Waals surface area contributed by atoms with Gasteiger partial charge >= 0.3 is 0 Å². The number of nitrogens with zero attached hydrogens (tertiary/aromatic N) is 6. The number of benzene rings is 2. The van der Waals surface area contributed by atoms with Gasteiger partial charge in [0.15, 0.2) is 5.69 Å². The largest absolute Gasteiger partial charge is 0.332 e. The molecule has 0 fully saturated rings. The van der Waals surface area contributed by atoms with Gasteiger partial charge in [0, 0.05) is 42.3 Å². The van der Waals surface area contributed by atoms with Crippen molar-refractivity contribution in [3.05, 3.63) is 92.0 Å². The molecule has 3 heterocycles. The van der Waals surface area contributed by atoms with Crippen molar-refractivity contribution in [3.63, 3.8) is 0 Å². The van der Waals surface area contributed by atoms with E-state index in [2.05, 4.69) is 34.5 Å². The Balaban J connectivity index is 1.52. The van der Waals surface area contributed by atoms with Crippen molar-refractivity contribution in [2.24, 2.45) is 7.05 Å². The second-order valence-electron chi connectivity index (χ2n) is 8.73. The van der Waals surface area contributed by atoms with Gasteiger partial charge in [0.05, 0.1) is 22.6 Å². The highest BCUT2D eigenvalue weighted by molar-refractivity contribution is 6.36. The summed E-state index contributed by atoms with van der Waals surface area (Å²) in [4.78, 5) is 15.5. The molecule has 0 saturated carbocycles. The van der Waals surface area contributed by atoms with Crippen molar-refractivity contribution in [1.82, 2.24) is 29.7 Å². The molecule has 0 radical (unpaired) electrons. The highest BCUT2D eigenvalue weighted by atomic mass is 35.5. The van der Waals surface area contributed by atoms with Gasteiger partial charge in [0.1, 0.15) is 0 Å². The zero-order valence-corrected chi connectivity index (χ0v) is 20.9. The molecule has 5 rings (SSSR count). The molecule has 0 aliphatic carbocycles. The molecular weight excluding hydrogens is 471 g/mol. The summed E-state index contributed by atoms with van der Waals surface area (Å²) >= 11 is 12.6. The van der Waals surface area contributed by atoms with Crippen molar-refractivity contribution in [3.8, 4) is 5.69 Å². The van der Waals surface area contributed by atoms with Crippen molar-refractivity contribution in [2.45, 2.75) is 33.2 Å². The van der Waals surface area contributed by atoms with E-state index in [0.29, 0.717) is 40.2 Å². The lowest BCUT2D eigenvalue weighted by molar-refractivity contribution is 0.0718. The predicted octanol–water partition coefficient (Wildman–Crippen LogP) is 5.02. The van der Waals surface area contributed by atoms with Crippen LogP contribution >= 0.6 is 23.2 Å². The highest BCUT2D eigenvalue weighted by Crippen LogP contribution is 2.36. The molecule has 34 heavy (non-hydrogen) atoms. The fourth-order valence-electron chi connectivity index (χ4n) is 4.74. The van der Waals surface area contributed by atoms with Crippen LogP contribution in [0.2, 0.25) is 10.0 Å². The van der Waals surface area contributed by atoms with Crippen LogP contribution in [0.5, 0.6) is 0 Å². The number of hydrogen-bond acceptors (Lipinski definition) is 4. The zero-order chi connectivity index (χ0) is 24.1. The van der Waals surface area contributed by atoms with Crippen molar-refractivity contribution < 1.29 is 4.79 Å². The normalized spacial score (nSPS) is 15.5. The summed E-state index contributed by atoms with van der Waals surface area (Å²) in [5.41, 5.74) is 7.02. The first kappa shape index (κ1) is 22.6. The van der Waals surface area contributed by atoms with Gasteiger partial charge in [0.2, 0.25) is 0 Å². The van der Waals surface area contributed by atoms with Crippen LogP contribution in [0, 0.1) is 20.8 Å². The van der Waals surface area contributed by atoms with E-state index in [0.717, 1.165) is 22.4 Å². The van der Waals surface area contributed by atoms with Crippen LogP contribution in [0.1, 0.15) is 50.0 Å². The minimum atomic E-state index is -0.160. The maximum Gasteiger partial charge on any atom is 0.276 e. The van der Waals surface area contributed by atoms with E-state index in [-0.39, 0.29) is 11.8 Å². The van der Waals surface area contributed by atoms with E-state index in [1.54, 1.807) is 10.7 Å². The molecule has 1 unspecified atom stereocenters. The third-order valence-corrected chi connectivity index (χ3v) is 7.16. The monoisotopic (exact) mass is 494 g/mol. The Bertz CT molecular complexity index is 1400. The Labute approximate surface area is 207 Å². The Hall–Kier alpha value is -3.16. The molecule has 0 N–H and O–H groups in total. The molecule has 1 atom stereocenters. The third kappa shape index (κ3) is 3.69. The molecule has 0 saturated heterocycles. The predicted molar refractivity (Wildman–Crippen MR) is 132 cm³/mol. The molecule has 1 aliphatic rings. The Morgan fingerprint density at radius 2 is 1.82 bits per heavy atom. The lowest BCUT2D eigenvalue weighted by atomic mass is 9.84. The number of hydrogen-bond donors (Lipinski definition) is 0. The van der Waals surface area contributed by atoms with Gasteiger partial charge in [0.25, 0.3) is 5.91 Å². The van der Waals surface area contributed by atoms with E-state index >= 15 is 0 Å². The minimum Gasteiger partial charge on any atom is -0.332 e. The van der Waals surface area contributed by atoms with Crippen LogP contribution in [0.25, 0.3) is 5.69 Å². The van der Waals surface area contributed by atoms with E-state index in [1.165, 1.54) is 5.56 Å². The number of aryl methyl sites for hydroxylation is 2. The molecule has 1 amide bonds. The minimum absolute atomic E-state index is 0.0332. The van der Waals surface area contributed by atoms with Gasteiger partial charge < -0.3 is 4.90 Å². The van der Waals surface area contributed by atoms with Crippen LogP contribution in [-0.2, 0) is 13.6 Å². The van der Waals surface area contributed by atoms with Gasteiger partial charge in [-0.15, -0.1) is 5.10 Å². The second kappa shape index (κ2) is 8.56. The average molecular weight is 495 g/mol. The average Bonchev–Trinajstić information content (AvgIpc) is 3.34. The van der Waals surface area contributed by atoms with E-state index in [1.807, 2.05) is 54.9 Å². The maximum atomic E-state index is 13.7. The Kier molecular flexibility index (Phi) is 5.70. The fourth-order valence-corrected chi connectivity index (χ4v) is 5.41. The first-order valence-corrected chi connectivity index (χ1v) is 11.8. The summed E-state index contributed by atoms with van der Waals surface area (Å²) in [6.07, 6.45) is 1.90. The van der Waals surface area contributed by atoms with Gasteiger partial charge in [-0.1, -0.05) is 52.7 Å². The maximum absolute atomic E-state index is 13.7. The van der Waals surface area contributed by atoms with E-state index < -0.39 is 0 Å². The van der Waals surface area contributed by atoms with Gasteiger partial charge in [-0.2, -0.15) is 5.10 Å². The molecule has 0 bridgehead atoms. The molecule has 0 spiro atoms. The van der Waals surface area contributed by atoms with E-state index in [9.17, 15) is 4.79 Å². The Morgan fingerprint density at radius 1 is 1.06 bits per heavy atom. The van der Waals surface area contributed by atoms with Gasteiger partial charge in [-0.3, -0.25) is 9.48 Å². The molecular formula is C25H24Cl2N6O. The summed E-state index contributed by atoms with van der Waals surface area (Å²) in [5, 5.41) is 14.0. The summed E-state index contributed by atoms with van der Waals surface area (Å²) in [5.74, 6) is -0.126. The third-order valence-electron chi connectivity index (χ3n) is 6.66. The summed E-state index contributed by atoms with van der Waals surface area (Å²) in [6, 6.07) is 11.7. The number of carbonyl (C=O) groups is 1. The summed E-state index contributed by atoms with van der Waals surface area (Å²) in [7, 11) is 1.93. The second-order valence-corrected chi connectivity index (χ2v) is 9.58. The standard InChI is InChI=1S/C25H24Cl2N6O/c1-14-9-18(26)10-22(27)24(14)33-16(3)23(29-30-33)25(34)32-12-17-7-5-6-8-19(17)21(13-32)20-11-28-31(4)15(20)2/h5-11,21H,12-13H2,1-4H3. The van der Waals surface area contributed by atoms with E-state index in [4.69, 9.17) is 23.2 Å². The van der Waals surface area contributed by atoms with Gasteiger partial charge in [-0.05, 0) is 49.6 Å². The lowest BCUT2D eigenvalue weighted by Gasteiger charge is -2.34. The smallest absolute Gasteiger partial charge is 0.276 e. The van der Waals surface area contributed by atoms with Crippen molar-refractivity contribution in [2.75, 3.05) is 6.54 Å². The van der Waals surface area contributed by atoms with Crippen molar-refractivity contribution >= 4 is 29.1 Å². The first-order valence-electron chi connectivity index (χ1n) is 11.0. The quantitative estimate of drug-likeness (QED) is 0.400. The number of aromatic nitrogens is 5. The van der Waals surface area contributed by atoms with Crippen LogP contribution in [0.15, 0.2) is 42.6 Å². The number of halogens is 2. The Morgan fingerprint density at radius 3 is 2.53 bits per heavy atom. The number of fused-ring (bicyclic) bond motifs is 1. The van der Waals surface area contributed by atoms with Crippen LogP contribution in [0.3, 0.4) is 0 Å². The molecule has 4 aromatic rings. The SMILES string of the molecule is Cc1cc(Cl)cc(Cl)c1-n1nnc(C(=O)N2Cc3ccccc3C(c3cnn(C)c3C)C2)c1C. The summed E-state index contributed by atoms with van der Waals surface area (Å²) in [6.45, 7) is 6.84. The number of rotatable bonds is 3. The summed E-state index contributed by atoms with van der Waals surface area (Å²) < 4.78 is 3.48. The van der Waals surface area contributed by atoms with Gasteiger partial charge in [-0.25, -0.2) is 4.68 Å². The molecule has 7 nitrogen and oxygen atoms in total. The zero-order valence-electron chi connectivity index (χ0n) is 19.4. The van der Waals surface area contributed by atoms with Crippen LogP contribution < -0.4 is 0 Å². The molecule has 9 heteroatoms. The van der Waals surface area contributed by atoms with Crippen LogP contribution in [-0.4, -0.2) is 42.1 Å². The number of amides is 1. The topological polar surface area (TPSA) is 68.8 Å². The highest BCUT2D eigenvalue weighted by Gasteiger charge is 2.33. The fraction of sp³-hybridized carbons (Fsp3) is 0.280. The number of carbonyl (C=O) groups excluding carboxylic acids is 1. The van der Waals surface area contributed by atoms with Crippen molar-refractivity contribution in [1.29, 1.82) is 0 Å². The molecule has 2 aromatic heterocycles. The molecule has 2 aromatic carbocycles. The lowest BCUT2D eigenvalue weighted by Crippen LogP contribution is -2.39. The first-order chi connectivity index (χ1) is 16.3. The molecule has 174 valence electrons.